The predicted octanol–water partition coefficient (Wildman–Crippen LogP) is 3.75. The molecule has 0 unspecified atom stereocenters. The Morgan fingerprint density at radius 2 is 2.13 bits per heavy atom. The molecule has 1 fully saturated rings. The summed E-state index contributed by atoms with van der Waals surface area (Å²) >= 11 is 5.98. The maximum Gasteiger partial charge on any atom is 0.233 e. The first-order valence-electron chi connectivity index (χ1n) is 8.00. The molecule has 0 aliphatic carbocycles. The third-order valence-corrected chi connectivity index (χ3v) is 4.64. The van der Waals surface area contributed by atoms with Gasteiger partial charge in [-0.15, -0.1) is 0 Å². The van der Waals surface area contributed by atoms with E-state index in [-0.39, 0.29) is 17.7 Å². The minimum atomic E-state index is 0.126. The van der Waals surface area contributed by atoms with Crippen molar-refractivity contribution in [1.82, 2.24) is 15.0 Å². The third-order valence-electron chi connectivity index (χ3n) is 4.40. The standard InChI is InChI=1S/C17H20ClN3O2/c1-3-11(4-2)17(22)21-9-13(10-21)16-19-15(20-23-16)12-6-5-7-14(18)8-12/h5-8,11,13H,3-4,9-10H2,1-2H3. The Labute approximate surface area is 140 Å². The van der Waals surface area contributed by atoms with Crippen molar-refractivity contribution < 1.29 is 9.32 Å². The van der Waals surface area contributed by atoms with Crippen molar-refractivity contribution in [3.63, 3.8) is 0 Å². The van der Waals surface area contributed by atoms with Gasteiger partial charge in [0.15, 0.2) is 0 Å². The number of rotatable bonds is 5. The van der Waals surface area contributed by atoms with E-state index in [1.807, 2.05) is 17.0 Å². The van der Waals surface area contributed by atoms with Crippen molar-refractivity contribution in [3.8, 4) is 11.4 Å². The monoisotopic (exact) mass is 333 g/mol. The van der Waals surface area contributed by atoms with Crippen LogP contribution in [0.25, 0.3) is 11.4 Å². The van der Waals surface area contributed by atoms with E-state index >= 15 is 0 Å². The molecular weight excluding hydrogens is 314 g/mol. The third kappa shape index (κ3) is 3.24. The van der Waals surface area contributed by atoms with Crippen molar-refractivity contribution in [1.29, 1.82) is 0 Å². The summed E-state index contributed by atoms with van der Waals surface area (Å²) in [4.78, 5) is 18.6. The highest BCUT2D eigenvalue weighted by Gasteiger charge is 2.37. The van der Waals surface area contributed by atoms with Crippen LogP contribution in [0.15, 0.2) is 28.8 Å². The molecule has 1 saturated heterocycles. The molecule has 0 saturated carbocycles. The van der Waals surface area contributed by atoms with Gasteiger partial charge in [0.2, 0.25) is 17.6 Å². The molecule has 2 heterocycles. The van der Waals surface area contributed by atoms with Crippen molar-refractivity contribution in [2.45, 2.75) is 32.6 Å². The molecule has 23 heavy (non-hydrogen) atoms. The normalized spacial score (nSPS) is 15.0. The molecule has 122 valence electrons. The molecule has 1 amide bonds. The van der Waals surface area contributed by atoms with Crippen LogP contribution in [0.3, 0.4) is 0 Å². The summed E-state index contributed by atoms with van der Waals surface area (Å²) in [5, 5.41) is 4.66. The van der Waals surface area contributed by atoms with E-state index in [1.165, 1.54) is 0 Å². The first-order valence-corrected chi connectivity index (χ1v) is 8.38. The van der Waals surface area contributed by atoms with Crippen LogP contribution in [-0.2, 0) is 4.79 Å². The number of aromatic nitrogens is 2. The number of carbonyl (C=O) groups excluding carboxylic acids is 1. The Kier molecular flexibility index (Phi) is 4.66. The highest BCUT2D eigenvalue weighted by Crippen LogP contribution is 2.30. The zero-order valence-corrected chi connectivity index (χ0v) is 14.1. The molecule has 0 radical (unpaired) electrons. The SMILES string of the molecule is CCC(CC)C(=O)N1CC(c2nc(-c3cccc(Cl)c3)no2)C1. The molecule has 1 aromatic carbocycles. The molecule has 1 aromatic heterocycles. The maximum atomic E-state index is 12.3. The summed E-state index contributed by atoms with van der Waals surface area (Å²) in [6, 6.07) is 7.36. The van der Waals surface area contributed by atoms with Gasteiger partial charge in [-0.3, -0.25) is 4.79 Å². The second-order valence-electron chi connectivity index (χ2n) is 5.92. The van der Waals surface area contributed by atoms with Gasteiger partial charge in [0.05, 0.1) is 5.92 Å². The Morgan fingerprint density at radius 3 is 2.78 bits per heavy atom. The first-order chi connectivity index (χ1) is 11.1. The van der Waals surface area contributed by atoms with E-state index in [0.29, 0.717) is 29.8 Å². The van der Waals surface area contributed by atoms with Crippen LogP contribution in [0.1, 0.15) is 38.5 Å². The quantitative estimate of drug-likeness (QED) is 0.836. The number of halogens is 1. The summed E-state index contributed by atoms with van der Waals surface area (Å²) in [6.07, 6.45) is 1.77. The molecule has 0 bridgehead atoms. The van der Waals surface area contributed by atoms with Crippen LogP contribution in [-0.4, -0.2) is 34.0 Å². The lowest BCUT2D eigenvalue weighted by molar-refractivity contribution is -0.140. The average molecular weight is 334 g/mol. The zero-order chi connectivity index (χ0) is 16.4. The average Bonchev–Trinajstić information content (AvgIpc) is 2.96. The number of hydrogen-bond donors (Lipinski definition) is 0. The molecule has 3 rings (SSSR count). The van der Waals surface area contributed by atoms with Gasteiger partial charge in [-0.05, 0) is 25.0 Å². The van der Waals surface area contributed by atoms with Gasteiger partial charge in [0, 0.05) is 29.6 Å². The van der Waals surface area contributed by atoms with Crippen molar-refractivity contribution >= 4 is 17.5 Å². The summed E-state index contributed by atoms with van der Waals surface area (Å²) in [6.45, 7) is 5.43. The van der Waals surface area contributed by atoms with Crippen LogP contribution >= 0.6 is 11.6 Å². The van der Waals surface area contributed by atoms with Gasteiger partial charge in [0.25, 0.3) is 0 Å². The van der Waals surface area contributed by atoms with Crippen molar-refractivity contribution in [2.75, 3.05) is 13.1 Å². The Morgan fingerprint density at radius 1 is 1.39 bits per heavy atom. The first kappa shape index (κ1) is 16.0. The number of nitrogens with zero attached hydrogens (tertiary/aromatic N) is 3. The second-order valence-corrected chi connectivity index (χ2v) is 6.36. The highest BCUT2D eigenvalue weighted by molar-refractivity contribution is 6.30. The fourth-order valence-electron chi connectivity index (χ4n) is 2.86. The van der Waals surface area contributed by atoms with Gasteiger partial charge < -0.3 is 9.42 Å². The summed E-state index contributed by atoms with van der Waals surface area (Å²) in [7, 11) is 0. The highest BCUT2D eigenvalue weighted by atomic mass is 35.5. The number of carbonyl (C=O) groups is 1. The molecule has 0 atom stereocenters. The topological polar surface area (TPSA) is 59.2 Å². The lowest BCUT2D eigenvalue weighted by Crippen LogP contribution is -2.50. The Bertz CT molecular complexity index is 691. The van der Waals surface area contributed by atoms with E-state index in [4.69, 9.17) is 16.1 Å². The largest absolute Gasteiger partial charge is 0.341 e. The minimum absolute atomic E-state index is 0.126. The Balaban J connectivity index is 1.64. The van der Waals surface area contributed by atoms with Crippen LogP contribution in [0.5, 0.6) is 0 Å². The van der Waals surface area contributed by atoms with Gasteiger partial charge in [-0.25, -0.2) is 0 Å². The van der Waals surface area contributed by atoms with Gasteiger partial charge in [0.1, 0.15) is 0 Å². The smallest absolute Gasteiger partial charge is 0.233 e. The van der Waals surface area contributed by atoms with E-state index in [1.54, 1.807) is 12.1 Å². The maximum absolute atomic E-state index is 12.3. The van der Waals surface area contributed by atoms with E-state index in [2.05, 4.69) is 24.0 Å². The Hall–Kier alpha value is -1.88. The summed E-state index contributed by atoms with van der Waals surface area (Å²) in [5.41, 5.74) is 0.830. The molecule has 0 N–H and O–H groups in total. The van der Waals surface area contributed by atoms with Crippen LogP contribution < -0.4 is 0 Å². The molecule has 2 aromatic rings. The zero-order valence-electron chi connectivity index (χ0n) is 13.3. The van der Waals surface area contributed by atoms with Crippen molar-refractivity contribution in [2.24, 2.45) is 5.92 Å². The lowest BCUT2D eigenvalue weighted by atomic mass is 9.94. The molecule has 0 spiro atoms. The van der Waals surface area contributed by atoms with Gasteiger partial charge in [-0.2, -0.15) is 4.98 Å². The van der Waals surface area contributed by atoms with Crippen LogP contribution in [0, 0.1) is 5.92 Å². The number of likely N-dealkylation sites (tertiary alicyclic amines) is 1. The summed E-state index contributed by atoms with van der Waals surface area (Å²) in [5.74, 6) is 1.62. The van der Waals surface area contributed by atoms with Crippen molar-refractivity contribution in [3.05, 3.63) is 35.2 Å². The molecule has 1 aliphatic heterocycles. The van der Waals surface area contributed by atoms with E-state index in [0.717, 1.165) is 18.4 Å². The van der Waals surface area contributed by atoms with E-state index < -0.39 is 0 Å². The van der Waals surface area contributed by atoms with Gasteiger partial charge >= 0.3 is 0 Å². The van der Waals surface area contributed by atoms with Crippen LogP contribution in [0.4, 0.5) is 0 Å². The molecule has 1 aliphatic rings. The molecule has 6 heteroatoms. The van der Waals surface area contributed by atoms with Crippen LogP contribution in [0.2, 0.25) is 5.02 Å². The predicted molar refractivity (Wildman–Crippen MR) is 88.1 cm³/mol. The summed E-state index contributed by atoms with van der Waals surface area (Å²) < 4.78 is 5.36. The fraction of sp³-hybridized carbons (Fsp3) is 0.471. The van der Waals surface area contributed by atoms with E-state index in [9.17, 15) is 4.79 Å². The van der Waals surface area contributed by atoms with Gasteiger partial charge in [-0.1, -0.05) is 42.7 Å². The number of hydrogen-bond acceptors (Lipinski definition) is 4. The second kappa shape index (κ2) is 6.71. The number of amides is 1. The number of benzene rings is 1. The lowest BCUT2D eigenvalue weighted by Gasteiger charge is -2.39. The fourth-order valence-corrected chi connectivity index (χ4v) is 3.05. The molecule has 5 nitrogen and oxygen atoms in total. The minimum Gasteiger partial charge on any atom is -0.341 e. The molecular formula is C17H20ClN3O2.